The molecule has 0 aliphatic rings. The van der Waals surface area contributed by atoms with Crippen LogP contribution < -0.4 is 10.1 Å². The second-order valence-electron chi connectivity index (χ2n) is 5.26. The molecule has 1 aromatic rings. The maximum absolute atomic E-state index is 12.3. The smallest absolute Gasteiger partial charge is 0.242 e. The minimum atomic E-state index is 0.0899. The van der Waals surface area contributed by atoms with E-state index >= 15 is 0 Å². The quantitative estimate of drug-likeness (QED) is 0.574. The van der Waals surface area contributed by atoms with E-state index in [1.165, 1.54) is 0 Å². The van der Waals surface area contributed by atoms with Gasteiger partial charge in [0.15, 0.2) is 5.96 Å². The van der Waals surface area contributed by atoms with Gasteiger partial charge in [0.05, 0.1) is 20.2 Å². The zero-order valence-electron chi connectivity index (χ0n) is 15.4. The van der Waals surface area contributed by atoms with Crippen LogP contribution in [0.3, 0.4) is 0 Å². The van der Waals surface area contributed by atoms with E-state index in [9.17, 15) is 4.79 Å². The van der Waals surface area contributed by atoms with Gasteiger partial charge in [0.25, 0.3) is 0 Å². The van der Waals surface area contributed by atoms with Crippen molar-refractivity contribution in [2.45, 2.75) is 27.3 Å². The molecule has 134 valence electrons. The number of pyridine rings is 1. The van der Waals surface area contributed by atoms with Crippen molar-refractivity contribution in [2.24, 2.45) is 4.99 Å². The van der Waals surface area contributed by atoms with Gasteiger partial charge in [0.1, 0.15) is 0 Å². The third kappa shape index (κ3) is 5.72. The number of carbonyl (C=O) groups is 1. The van der Waals surface area contributed by atoms with E-state index in [1.807, 2.05) is 49.8 Å². The molecule has 1 aromatic heterocycles. The Morgan fingerprint density at radius 2 is 2.04 bits per heavy atom. The van der Waals surface area contributed by atoms with E-state index < -0.39 is 0 Å². The average molecular weight is 335 g/mol. The van der Waals surface area contributed by atoms with Gasteiger partial charge >= 0.3 is 0 Å². The van der Waals surface area contributed by atoms with Crippen molar-refractivity contribution in [1.29, 1.82) is 0 Å². The van der Waals surface area contributed by atoms with Gasteiger partial charge in [-0.3, -0.25) is 4.79 Å². The number of rotatable bonds is 8. The Bertz CT molecular complexity index is 544. The van der Waals surface area contributed by atoms with Crippen LogP contribution in [-0.2, 0) is 11.3 Å². The zero-order valence-corrected chi connectivity index (χ0v) is 15.4. The summed E-state index contributed by atoms with van der Waals surface area (Å²) in [6.07, 6.45) is 1.69. The van der Waals surface area contributed by atoms with Crippen molar-refractivity contribution in [3.63, 3.8) is 0 Å². The highest BCUT2D eigenvalue weighted by Gasteiger charge is 2.15. The minimum absolute atomic E-state index is 0.0899. The summed E-state index contributed by atoms with van der Waals surface area (Å²) in [5.74, 6) is 1.34. The maximum Gasteiger partial charge on any atom is 0.242 e. The molecule has 1 amide bonds. The van der Waals surface area contributed by atoms with Gasteiger partial charge in [-0.05, 0) is 26.8 Å². The Morgan fingerprint density at radius 1 is 1.33 bits per heavy atom. The van der Waals surface area contributed by atoms with Crippen molar-refractivity contribution in [3.05, 3.63) is 23.9 Å². The van der Waals surface area contributed by atoms with Gasteiger partial charge in [-0.25, -0.2) is 9.98 Å². The van der Waals surface area contributed by atoms with Crippen LogP contribution in [0.2, 0.25) is 0 Å². The standard InChI is InChI=1S/C17H29N5O2/c1-6-18-17(21(4)13-15(23)22(7-2)8-3)20-12-14-10-9-11-19-16(14)24-5/h9-11H,6-8,12-13H2,1-5H3,(H,18,20). The van der Waals surface area contributed by atoms with Gasteiger partial charge < -0.3 is 19.9 Å². The predicted molar refractivity (Wildman–Crippen MR) is 96.2 cm³/mol. The lowest BCUT2D eigenvalue weighted by molar-refractivity contribution is -0.131. The van der Waals surface area contributed by atoms with Crippen LogP contribution in [0.1, 0.15) is 26.3 Å². The van der Waals surface area contributed by atoms with Crippen molar-refractivity contribution < 1.29 is 9.53 Å². The van der Waals surface area contributed by atoms with Crippen LogP contribution in [0.4, 0.5) is 0 Å². The molecule has 0 aromatic carbocycles. The van der Waals surface area contributed by atoms with Crippen LogP contribution in [0, 0.1) is 0 Å². The fourth-order valence-electron chi connectivity index (χ4n) is 2.31. The first-order valence-corrected chi connectivity index (χ1v) is 8.32. The first-order chi connectivity index (χ1) is 11.6. The minimum Gasteiger partial charge on any atom is -0.481 e. The van der Waals surface area contributed by atoms with Crippen molar-refractivity contribution >= 4 is 11.9 Å². The van der Waals surface area contributed by atoms with Crippen LogP contribution in [0.25, 0.3) is 0 Å². The molecule has 24 heavy (non-hydrogen) atoms. The summed E-state index contributed by atoms with van der Waals surface area (Å²) in [4.78, 5) is 24.7. The lowest BCUT2D eigenvalue weighted by Gasteiger charge is -2.25. The van der Waals surface area contributed by atoms with Gasteiger partial charge in [0.2, 0.25) is 11.8 Å². The second-order valence-corrected chi connectivity index (χ2v) is 5.26. The van der Waals surface area contributed by atoms with Crippen LogP contribution >= 0.6 is 0 Å². The first-order valence-electron chi connectivity index (χ1n) is 8.32. The Kier molecular flexibility index (Phi) is 8.60. The molecule has 1 rings (SSSR count). The summed E-state index contributed by atoms with van der Waals surface area (Å²) in [6, 6.07) is 3.79. The number of methoxy groups -OCH3 is 1. The number of amides is 1. The van der Waals surface area contributed by atoms with Gasteiger partial charge in [0, 0.05) is 38.4 Å². The van der Waals surface area contributed by atoms with E-state index in [-0.39, 0.29) is 12.5 Å². The van der Waals surface area contributed by atoms with E-state index in [4.69, 9.17) is 4.74 Å². The molecule has 1 heterocycles. The molecule has 0 saturated heterocycles. The molecule has 0 spiro atoms. The normalized spacial score (nSPS) is 11.1. The molecule has 0 aliphatic carbocycles. The first kappa shape index (κ1) is 19.7. The van der Waals surface area contributed by atoms with Gasteiger partial charge in [-0.15, -0.1) is 0 Å². The summed E-state index contributed by atoms with van der Waals surface area (Å²) in [5.41, 5.74) is 0.902. The van der Waals surface area contributed by atoms with Crippen LogP contribution in [0.5, 0.6) is 5.88 Å². The molecule has 1 N–H and O–H groups in total. The van der Waals surface area contributed by atoms with Crippen LogP contribution in [0.15, 0.2) is 23.3 Å². The Hall–Kier alpha value is -2.31. The summed E-state index contributed by atoms with van der Waals surface area (Å²) in [7, 11) is 3.46. The number of likely N-dealkylation sites (N-methyl/N-ethyl adjacent to an activating group) is 2. The molecule has 7 heteroatoms. The van der Waals surface area contributed by atoms with Crippen molar-refractivity contribution in [3.8, 4) is 5.88 Å². The summed E-state index contributed by atoms with van der Waals surface area (Å²) >= 11 is 0. The second kappa shape index (κ2) is 10.5. The highest BCUT2D eigenvalue weighted by Crippen LogP contribution is 2.14. The number of nitrogens with one attached hydrogen (secondary N) is 1. The lowest BCUT2D eigenvalue weighted by Crippen LogP contribution is -2.45. The molecule has 0 unspecified atom stereocenters. The third-order valence-electron chi connectivity index (χ3n) is 3.63. The van der Waals surface area contributed by atoms with Crippen molar-refractivity contribution in [1.82, 2.24) is 20.1 Å². The molecule has 0 bridgehead atoms. The Labute approximate surface area is 144 Å². The fourth-order valence-corrected chi connectivity index (χ4v) is 2.31. The number of aliphatic imine (C=N–C) groups is 1. The average Bonchev–Trinajstić information content (AvgIpc) is 2.59. The number of aromatic nitrogens is 1. The highest BCUT2D eigenvalue weighted by molar-refractivity contribution is 5.86. The number of hydrogen-bond acceptors (Lipinski definition) is 4. The number of ether oxygens (including phenoxy) is 1. The number of hydrogen-bond donors (Lipinski definition) is 1. The highest BCUT2D eigenvalue weighted by atomic mass is 16.5. The van der Waals surface area contributed by atoms with E-state index in [1.54, 1.807) is 13.3 Å². The number of nitrogens with zero attached hydrogens (tertiary/aromatic N) is 4. The Balaban J connectivity index is 2.82. The monoisotopic (exact) mass is 335 g/mol. The number of guanidine groups is 1. The summed E-state index contributed by atoms with van der Waals surface area (Å²) in [6.45, 7) is 8.84. The van der Waals surface area contributed by atoms with Gasteiger partial charge in [-0.2, -0.15) is 0 Å². The maximum atomic E-state index is 12.3. The molecule has 0 atom stereocenters. The van der Waals surface area contributed by atoms with E-state index in [0.717, 1.165) is 12.1 Å². The fraction of sp³-hybridized carbons (Fsp3) is 0.588. The third-order valence-corrected chi connectivity index (χ3v) is 3.63. The van der Waals surface area contributed by atoms with Crippen molar-refractivity contribution in [2.75, 3.05) is 40.3 Å². The van der Waals surface area contributed by atoms with Gasteiger partial charge in [-0.1, -0.05) is 6.07 Å². The number of carbonyl (C=O) groups excluding carboxylic acids is 1. The molecular formula is C17H29N5O2. The van der Waals surface area contributed by atoms with Crippen LogP contribution in [-0.4, -0.2) is 67.0 Å². The summed E-state index contributed by atoms with van der Waals surface area (Å²) in [5, 5.41) is 3.21. The lowest BCUT2D eigenvalue weighted by atomic mass is 10.3. The molecule has 0 saturated carbocycles. The molecule has 0 fully saturated rings. The predicted octanol–water partition coefficient (Wildman–Crippen LogP) is 1.36. The largest absolute Gasteiger partial charge is 0.481 e. The van der Waals surface area contributed by atoms with E-state index in [0.29, 0.717) is 31.5 Å². The molecular weight excluding hydrogens is 306 g/mol. The molecule has 0 radical (unpaired) electrons. The molecule has 7 nitrogen and oxygen atoms in total. The SMILES string of the molecule is CCNC(=NCc1cccnc1OC)N(C)CC(=O)N(CC)CC. The molecule has 0 aliphatic heterocycles. The summed E-state index contributed by atoms with van der Waals surface area (Å²) < 4.78 is 5.25. The topological polar surface area (TPSA) is 70.1 Å². The Morgan fingerprint density at radius 3 is 2.62 bits per heavy atom. The van der Waals surface area contributed by atoms with E-state index in [2.05, 4.69) is 15.3 Å². The zero-order chi connectivity index (χ0) is 17.9.